The molecule has 0 atom stereocenters. The number of amides is 1. The highest BCUT2D eigenvalue weighted by atomic mass is 16.5. The Morgan fingerprint density at radius 2 is 2.00 bits per heavy atom. The first-order valence-electron chi connectivity index (χ1n) is 7.20. The lowest BCUT2D eigenvalue weighted by atomic mass is 10.1. The Kier molecular flexibility index (Phi) is 3.92. The highest BCUT2D eigenvalue weighted by molar-refractivity contribution is 5.92. The summed E-state index contributed by atoms with van der Waals surface area (Å²) in [5.74, 6) is 1.22. The molecule has 3 aromatic rings. The Morgan fingerprint density at radius 3 is 2.57 bits per heavy atom. The number of aryl methyl sites for hydroxylation is 3. The van der Waals surface area contributed by atoms with Gasteiger partial charge in [0.2, 0.25) is 5.91 Å². The number of carbonyl (C=O) groups excluding carboxylic acids is 1. The highest BCUT2D eigenvalue weighted by Gasteiger charge is 2.13. The fourth-order valence-electron chi connectivity index (χ4n) is 2.29. The van der Waals surface area contributed by atoms with Crippen molar-refractivity contribution in [3.63, 3.8) is 0 Å². The minimum atomic E-state index is -0.108. The summed E-state index contributed by atoms with van der Waals surface area (Å²) in [6.45, 7) is 3.63. The van der Waals surface area contributed by atoms with Crippen LogP contribution in [0.1, 0.15) is 17.0 Å². The van der Waals surface area contributed by atoms with E-state index in [2.05, 4.69) is 20.6 Å². The van der Waals surface area contributed by atoms with E-state index in [0.29, 0.717) is 11.6 Å². The molecule has 23 heavy (non-hydrogen) atoms. The molecule has 0 saturated heterocycles. The van der Waals surface area contributed by atoms with E-state index in [1.807, 2.05) is 38.2 Å². The highest BCUT2D eigenvalue weighted by Crippen LogP contribution is 2.18. The standard InChI is InChI=1S/C16H17N5O2/c1-10-14(11(2)23-20-10)8-15(22)18-13-6-4-12(5-7-13)16-17-9-21(3)19-16/h4-7,9H,8H2,1-3H3,(H,18,22). The molecule has 1 aromatic carbocycles. The van der Waals surface area contributed by atoms with Crippen molar-refractivity contribution >= 4 is 11.6 Å². The number of aromatic nitrogens is 4. The number of hydrogen-bond acceptors (Lipinski definition) is 5. The molecule has 2 aromatic heterocycles. The molecule has 7 nitrogen and oxygen atoms in total. The van der Waals surface area contributed by atoms with Gasteiger partial charge in [0.05, 0.1) is 12.1 Å². The van der Waals surface area contributed by atoms with E-state index in [4.69, 9.17) is 4.52 Å². The van der Waals surface area contributed by atoms with E-state index in [9.17, 15) is 4.79 Å². The summed E-state index contributed by atoms with van der Waals surface area (Å²) in [5.41, 5.74) is 3.20. The lowest BCUT2D eigenvalue weighted by Gasteiger charge is -2.05. The molecule has 0 aliphatic heterocycles. The van der Waals surface area contributed by atoms with E-state index >= 15 is 0 Å². The molecule has 1 N–H and O–H groups in total. The van der Waals surface area contributed by atoms with Gasteiger partial charge in [-0.05, 0) is 38.1 Å². The number of nitrogens with one attached hydrogen (secondary N) is 1. The maximum absolute atomic E-state index is 12.1. The Morgan fingerprint density at radius 1 is 1.26 bits per heavy atom. The number of anilines is 1. The van der Waals surface area contributed by atoms with Gasteiger partial charge >= 0.3 is 0 Å². The molecule has 3 rings (SSSR count). The summed E-state index contributed by atoms with van der Waals surface area (Å²) in [5, 5.41) is 11.0. The van der Waals surface area contributed by atoms with E-state index in [1.54, 1.807) is 17.9 Å². The van der Waals surface area contributed by atoms with E-state index < -0.39 is 0 Å². The van der Waals surface area contributed by atoms with Crippen LogP contribution >= 0.6 is 0 Å². The van der Waals surface area contributed by atoms with Gasteiger partial charge in [-0.1, -0.05) is 5.16 Å². The first-order chi connectivity index (χ1) is 11.0. The number of hydrogen-bond donors (Lipinski definition) is 1. The van der Waals surface area contributed by atoms with Crippen LogP contribution in [0, 0.1) is 13.8 Å². The number of nitrogens with zero attached hydrogens (tertiary/aromatic N) is 4. The van der Waals surface area contributed by atoms with Crippen LogP contribution in [0.4, 0.5) is 5.69 Å². The summed E-state index contributed by atoms with van der Waals surface area (Å²) in [7, 11) is 1.82. The second-order valence-electron chi connectivity index (χ2n) is 5.35. The molecule has 7 heteroatoms. The molecule has 0 spiro atoms. The maximum Gasteiger partial charge on any atom is 0.228 e. The van der Waals surface area contributed by atoms with Gasteiger partial charge < -0.3 is 9.84 Å². The minimum absolute atomic E-state index is 0.108. The monoisotopic (exact) mass is 311 g/mol. The second kappa shape index (κ2) is 6.04. The molecule has 0 unspecified atom stereocenters. The fourth-order valence-corrected chi connectivity index (χ4v) is 2.29. The average molecular weight is 311 g/mol. The van der Waals surface area contributed by atoms with Gasteiger partial charge in [-0.2, -0.15) is 5.10 Å². The quantitative estimate of drug-likeness (QED) is 0.799. The molecule has 0 radical (unpaired) electrons. The van der Waals surface area contributed by atoms with Gasteiger partial charge in [-0.15, -0.1) is 0 Å². The van der Waals surface area contributed by atoms with Crippen molar-refractivity contribution in [2.24, 2.45) is 7.05 Å². The van der Waals surface area contributed by atoms with Crippen molar-refractivity contribution < 1.29 is 9.32 Å². The normalized spacial score (nSPS) is 10.7. The first-order valence-corrected chi connectivity index (χ1v) is 7.20. The average Bonchev–Trinajstić information content (AvgIpc) is 3.09. The summed E-state index contributed by atoms with van der Waals surface area (Å²) in [4.78, 5) is 16.3. The van der Waals surface area contributed by atoms with Crippen LogP contribution in [-0.2, 0) is 18.3 Å². The third-order valence-electron chi connectivity index (χ3n) is 3.54. The van der Waals surface area contributed by atoms with Gasteiger partial charge in [0, 0.05) is 23.9 Å². The van der Waals surface area contributed by atoms with Crippen molar-refractivity contribution in [3.8, 4) is 11.4 Å². The van der Waals surface area contributed by atoms with Crippen molar-refractivity contribution in [2.45, 2.75) is 20.3 Å². The Balaban J connectivity index is 1.67. The summed E-state index contributed by atoms with van der Waals surface area (Å²) >= 11 is 0. The molecule has 0 aliphatic carbocycles. The molecule has 2 heterocycles. The fraction of sp³-hybridized carbons (Fsp3) is 0.250. The zero-order valence-electron chi connectivity index (χ0n) is 13.2. The first kappa shape index (κ1) is 15.0. The molecule has 1 amide bonds. The molecular formula is C16H17N5O2. The number of carbonyl (C=O) groups is 1. The summed E-state index contributed by atoms with van der Waals surface area (Å²) in [6.07, 6.45) is 1.89. The van der Waals surface area contributed by atoms with Crippen molar-refractivity contribution in [2.75, 3.05) is 5.32 Å². The van der Waals surface area contributed by atoms with Crippen LogP contribution in [0.2, 0.25) is 0 Å². The maximum atomic E-state index is 12.1. The molecule has 118 valence electrons. The van der Waals surface area contributed by atoms with Crippen LogP contribution in [0.5, 0.6) is 0 Å². The van der Waals surface area contributed by atoms with Crippen LogP contribution < -0.4 is 5.32 Å². The van der Waals surface area contributed by atoms with E-state index in [-0.39, 0.29) is 12.3 Å². The molecule has 0 saturated carbocycles. The molecule has 0 fully saturated rings. The SMILES string of the molecule is Cc1noc(C)c1CC(=O)Nc1ccc(-c2ncn(C)n2)cc1. The van der Waals surface area contributed by atoms with E-state index in [0.717, 1.165) is 22.5 Å². The van der Waals surface area contributed by atoms with E-state index in [1.165, 1.54) is 0 Å². The minimum Gasteiger partial charge on any atom is -0.361 e. The largest absolute Gasteiger partial charge is 0.361 e. The lowest BCUT2D eigenvalue weighted by molar-refractivity contribution is -0.115. The Hall–Kier alpha value is -2.96. The Bertz CT molecular complexity index is 813. The smallest absolute Gasteiger partial charge is 0.228 e. The second-order valence-corrected chi connectivity index (χ2v) is 5.35. The summed E-state index contributed by atoms with van der Waals surface area (Å²) in [6, 6.07) is 7.41. The van der Waals surface area contributed by atoms with Gasteiger partial charge in [-0.25, -0.2) is 4.98 Å². The van der Waals surface area contributed by atoms with Crippen LogP contribution in [0.25, 0.3) is 11.4 Å². The van der Waals surface area contributed by atoms with Crippen molar-refractivity contribution in [1.82, 2.24) is 19.9 Å². The van der Waals surface area contributed by atoms with Crippen molar-refractivity contribution in [1.29, 1.82) is 0 Å². The predicted octanol–water partition coefficient (Wildman–Crippen LogP) is 2.27. The van der Waals surface area contributed by atoms with Gasteiger partial charge in [0.15, 0.2) is 5.82 Å². The number of benzene rings is 1. The molecular weight excluding hydrogens is 294 g/mol. The van der Waals surface area contributed by atoms with Gasteiger partial charge in [0.1, 0.15) is 12.1 Å². The predicted molar refractivity (Wildman–Crippen MR) is 84.7 cm³/mol. The van der Waals surface area contributed by atoms with Gasteiger partial charge in [-0.3, -0.25) is 9.48 Å². The van der Waals surface area contributed by atoms with Crippen LogP contribution in [0.15, 0.2) is 35.1 Å². The Labute approximate surface area is 133 Å². The van der Waals surface area contributed by atoms with Crippen molar-refractivity contribution in [3.05, 3.63) is 47.6 Å². The molecule has 0 aliphatic rings. The zero-order chi connectivity index (χ0) is 16.4. The van der Waals surface area contributed by atoms with Crippen LogP contribution in [0.3, 0.4) is 0 Å². The van der Waals surface area contributed by atoms with Gasteiger partial charge in [0.25, 0.3) is 0 Å². The number of rotatable bonds is 4. The molecule has 0 bridgehead atoms. The summed E-state index contributed by atoms with van der Waals surface area (Å²) < 4.78 is 6.71. The topological polar surface area (TPSA) is 85.8 Å². The zero-order valence-corrected chi connectivity index (χ0v) is 13.2. The third kappa shape index (κ3) is 3.28. The lowest BCUT2D eigenvalue weighted by Crippen LogP contribution is -2.15. The third-order valence-corrected chi connectivity index (χ3v) is 3.54. The van der Waals surface area contributed by atoms with Crippen LogP contribution in [-0.4, -0.2) is 25.8 Å².